The molecule has 0 aromatic carbocycles. The molecule has 2 unspecified atom stereocenters. The maximum atomic E-state index is 13.0. The molecule has 10 heteroatoms. The number of hydrogen-bond acceptors (Lipinski definition) is 6. The first kappa shape index (κ1) is 25.5. The van der Waals surface area contributed by atoms with Gasteiger partial charge >= 0.3 is 0 Å². The van der Waals surface area contributed by atoms with Gasteiger partial charge in [-0.05, 0) is 41.5 Å². The van der Waals surface area contributed by atoms with Crippen LogP contribution < -0.4 is 0 Å². The lowest BCUT2D eigenvalue weighted by Crippen LogP contribution is -2.12. The Morgan fingerprint density at radius 1 is 0.773 bits per heavy atom. The molecule has 22 heavy (non-hydrogen) atoms. The molecule has 0 fully saturated rings. The number of halogens is 4. The van der Waals surface area contributed by atoms with E-state index in [0.29, 0.717) is 7.06 Å². The Bertz CT molecular complexity index is 317. The highest BCUT2D eigenvalue weighted by molar-refractivity contribution is 8.48. The molecule has 0 bridgehead atoms. The molecular formula is C12H20F4S6. The van der Waals surface area contributed by atoms with Gasteiger partial charge in [-0.2, -0.15) is 0 Å². The van der Waals surface area contributed by atoms with Gasteiger partial charge in [-0.3, -0.25) is 0 Å². The lowest BCUT2D eigenvalue weighted by atomic mass is 10.5. The number of rotatable bonds is 4. The summed E-state index contributed by atoms with van der Waals surface area (Å²) in [4.78, 5) is 0. The molecule has 2 atom stereocenters. The Kier molecular flexibility index (Phi) is 13.7. The van der Waals surface area contributed by atoms with Crippen molar-refractivity contribution in [1.29, 1.82) is 0 Å². The average Bonchev–Trinajstić information content (AvgIpc) is 2.07. The minimum absolute atomic E-state index is 0.301. The number of alkyl halides is 4. The van der Waals surface area contributed by atoms with Crippen LogP contribution in [-0.4, -0.2) is 28.1 Å². The van der Waals surface area contributed by atoms with Crippen molar-refractivity contribution in [3.05, 3.63) is 0 Å². The molecule has 0 nitrogen and oxygen atoms in total. The van der Waals surface area contributed by atoms with Gasteiger partial charge in [0.1, 0.15) is 18.1 Å². The monoisotopic (exact) mass is 432 g/mol. The van der Waals surface area contributed by atoms with Crippen LogP contribution in [0.2, 0.25) is 0 Å². The Hall–Kier alpha value is 1.30. The van der Waals surface area contributed by atoms with Crippen LogP contribution in [0.25, 0.3) is 0 Å². The zero-order valence-electron chi connectivity index (χ0n) is 13.1. The van der Waals surface area contributed by atoms with E-state index in [1.165, 1.54) is 41.5 Å². The van der Waals surface area contributed by atoms with Gasteiger partial charge in [-0.15, -0.1) is 0 Å². The third kappa shape index (κ3) is 23.6. The van der Waals surface area contributed by atoms with Crippen molar-refractivity contribution in [2.75, 3.05) is 0 Å². The summed E-state index contributed by atoms with van der Waals surface area (Å²) in [5.41, 5.74) is -2.09. The maximum absolute atomic E-state index is 13.0. The topological polar surface area (TPSA) is 0 Å². The molecule has 0 aromatic heterocycles. The van der Waals surface area contributed by atoms with E-state index in [9.17, 15) is 17.6 Å². The predicted molar refractivity (Wildman–Crippen MR) is 107 cm³/mol. The molecule has 0 amide bonds. The summed E-state index contributed by atoms with van der Waals surface area (Å²) in [5.74, 6) is 0. The van der Waals surface area contributed by atoms with Crippen molar-refractivity contribution in [2.45, 2.75) is 62.6 Å². The molecule has 0 aliphatic heterocycles. The van der Waals surface area contributed by atoms with Crippen LogP contribution in [0, 0.1) is 0 Å². The van der Waals surface area contributed by atoms with Gasteiger partial charge in [0.05, 0.1) is 0 Å². The Labute approximate surface area is 158 Å². The van der Waals surface area contributed by atoms with Gasteiger partial charge in [-0.1, -0.05) is 71.5 Å². The van der Waals surface area contributed by atoms with E-state index in [1.54, 1.807) is 0 Å². The first-order chi connectivity index (χ1) is 9.62. The summed E-state index contributed by atoms with van der Waals surface area (Å²) in [6.07, 6.45) is 0. The zero-order chi connectivity index (χ0) is 18.1. The van der Waals surface area contributed by atoms with Crippen molar-refractivity contribution < 1.29 is 17.6 Å². The summed E-state index contributed by atoms with van der Waals surface area (Å²) in [5, 5.41) is -2.84. The molecule has 0 aromatic rings. The highest BCUT2D eigenvalue weighted by atomic mass is 32.2. The van der Waals surface area contributed by atoms with E-state index < -0.39 is 21.0 Å². The quantitative estimate of drug-likeness (QED) is 0.330. The largest absolute Gasteiger partial charge is 0.236 e. The third-order valence-electron chi connectivity index (χ3n) is 1.17. The van der Waals surface area contributed by atoms with Crippen molar-refractivity contribution in [2.24, 2.45) is 0 Å². The van der Waals surface area contributed by atoms with Crippen molar-refractivity contribution >= 4 is 78.5 Å². The Balaban J connectivity index is 0. The van der Waals surface area contributed by atoms with Gasteiger partial charge in [-0.25, -0.2) is 17.6 Å². The van der Waals surface area contributed by atoms with Crippen LogP contribution in [-0.2, 0) is 0 Å². The smallest absolute Gasteiger partial charge is 0.156 e. The number of thiocarbonyl (C=S) groups is 2. The molecule has 0 radical (unpaired) electrons. The summed E-state index contributed by atoms with van der Waals surface area (Å²) in [6, 6.07) is 0. The van der Waals surface area contributed by atoms with E-state index in [4.69, 9.17) is 12.2 Å². The molecule has 0 heterocycles. The number of thioether (sulfide) groups is 4. The second-order valence-electron chi connectivity index (χ2n) is 4.75. The van der Waals surface area contributed by atoms with Gasteiger partial charge in [0.25, 0.3) is 0 Å². The lowest BCUT2D eigenvalue weighted by Gasteiger charge is -2.17. The maximum Gasteiger partial charge on any atom is 0.156 e. The predicted octanol–water partition coefficient (Wildman–Crippen LogP) is 7.52. The lowest BCUT2D eigenvalue weighted by molar-refractivity contribution is 0.347. The van der Waals surface area contributed by atoms with Gasteiger partial charge in [0, 0.05) is 0 Å². The first-order valence-corrected chi connectivity index (χ1v) is 10.3. The van der Waals surface area contributed by atoms with Crippen LogP contribution in [0.4, 0.5) is 17.6 Å². The summed E-state index contributed by atoms with van der Waals surface area (Å²) < 4.78 is 50.8. The van der Waals surface area contributed by atoms with E-state index in [1.807, 2.05) is 0 Å². The number of hydrogen-bond donors (Lipinski definition) is 0. The van der Waals surface area contributed by atoms with Gasteiger partial charge in [0.15, 0.2) is 10.0 Å². The highest BCUT2D eigenvalue weighted by Gasteiger charge is 2.25. The summed E-state index contributed by atoms with van der Waals surface area (Å²) >= 11 is 12.9. The summed E-state index contributed by atoms with van der Waals surface area (Å²) in [7, 11) is 0. The normalized spacial score (nSPS) is 14.6. The van der Waals surface area contributed by atoms with E-state index in [-0.39, 0.29) is 0 Å². The highest BCUT2D eigenvalue weighted by Crippen LogP contribution is 2.37. The Morgan fingerprint density at radius 3 is 1.23 bits per heavy atom. The molecular weight excluding hydrogens is 413 g/mol. The first-order valence-electron chi connectivity index (χ1n) is 6.07. The molecule has 132 valence electrons. The SMILES string of the molecule is CC(C)(F)SC(=S)SC(C)(C)F.CC(F)SC(=S)SC(C)F. The van der Waals surface area contributed by atoms with Crippen LogP contribution in [0.3, 0.4) is 0 Å². The molecule has 0 saturated heterocycles. The fourth-order valence-electron chi connectivity index (χ4n) is 0.710. The molecule has 0 aliphatic rings. The van der Waals surface area contributed by atoms with Crippen LogP contribution in [0.15, 0.2) is 0 Å². The van der Waals surface area contributed by atoms with Crippen molar-refractivity contribution in [3.63, 3.8) is 0 Å². The second-order valence-corrected chi connectivity index (χ2v) is 12.9. The Morgan fingerprint density at radius 2 is 1.05 bits per heavy atom. The molecule has 0 saturated carbocycles. The van der Waals surface area contributed by atoms with E-state index in [0.717, 1.165) is 47.0 Å². The average molecular weight is 433 g/mol. The van der Waals surface area contributed by atoms with E-state index in [2.05, 4.69) is 12.2 Å². The minimum Gasteiger partial charge on any atom is -0.236 e. The van der Waals surface area contributed by atoms with E-state index >= 15 is 0 Å². The van der Waals surface area contributed by atoms with Crippen LogP contribution in [0.1, 0.15) is 41.5 Å². The fraction of sp³-hybridized carbons (Fsp3) is 0.833. The summed E-state index contributed by atoms with van der Waals surface area (Å²) in [6.45, 7) is 8.35. The second kappa shape index (κ2) is 11.8. The molecule has 0 aliphatic carbocycles. The van der Waals surface area contributed by atoms with Crippen molar-refractivity contribution in [3.8, 4) is 0 Å². The van der Waals surface area contributed by atoms with Gasteiger partial charge < -0.3 is 0 Å². The fourth-order valence-corrected chi connectivity index (χ4v) is 6.39. The standard InChI is InChI=1S/C7H12F2S3.C5H8F2S3/c1-6(2,8)11-5(10)12-7(3,4)9;1-3(6)9-5(8)10-4(2)7/h1-4H3;3-4H,1-2H3. The zero-order valence-corrected chi connectivity index (χ0v) is 18.0. The molecule has 0 N–H and O–H groups in total. The molecule has 0 rings (SSSR count). The van der Waals surface area contributed by atoms with Crippen LogP contribution in [0.5, 0.6) is 0 Å². The van der Waals surface area contributed by atoms with Gasteiger partial charge in [0.2, 0.25) is 0 Å². The third-order valence-corrected chi connectivity index (χ3v) is 5.66. The van der Waals surface area contributed by atoms with Crippen LogP contribution >= 0.6 is 71.5 Å². The molecule has 0 spiro atoms. The minimum atomic E-state index is -1.42. The van der Waals surface area contributed by atoms with Crippen molar-refractivity contribution in [1.82, 2.24) is 0 Å².